The molecule has 0 amide bonds. The van der Waals surface area contributed by atoms with Gasteiger partial charge in [0.15, 0.2) is 0 Å². The smallest absolute Gasteiger partial charge is 0.311 e. The van der Waals surface area contributed by atoms with Gasteiger partial charge >= 0.3 is 5.69 Å². The van der Waals surface area contributed by atoms with Crippen LogP contribution >= 0.6 is 0 Å². The third-order valence-corrected chi connectivity index (χ3v) is 2.53. The molecule has 1 rings (SSSR count). The molecule has 0 fully saturated rings. The van der Waals surface area contributed by atoms with Gasteiger partial charge in [-0.05, 0) is 20.0 Å². The average Bonchev–Trinajstić information content (AvgIpc) is 2.17. The van der Waals surface area contributed by atoms with E-state index in [1.807, 2.05) is 13.8 Å². The lowest BCUT2D eigenvalue weighted by atomic mass is 10.2. The normalized spacial score (nSPS) is 10.9. The van der Waals surface area contributed by atoms with Gasteiger partial charge in [0.25, 0.3) is 5.56 Å². The molecule has 1 aromatic rings. The van der Waals surface area contributed by atoms with Gasteiger partial charge in [0, 0.05) is 12.2 Å². The minimum absolute atomic E-state index is 0.289. The van der Waals surface area contributed by atoms with Crippen molar-refractivity contribution in [1.29, 1.82) is 0 Å². The van der Waals surface area contributed by atoms with Gasteiger partial charge in [0.1, 0.15) is 0 Å². The molecule has 5 nitrogen and oxygen atoms in total. The van der Waals surface area contributed by atoms with Crippen LogP contribution in [0.4, 0.5) is 0 Å². The Kier molecular flexibility index (Phi) is 3.85. The zero-order valence-corrected chi connectivity index (χ0v) is 9.39. The van der Waals surface area contributed by atoms with E-state index in [-0.39, 0.29) is 5.56 Å². The summed E-state index contributed by atoms with van der Waals surface area (Å²) in [6, 6.07) is 0. The van der Waals surface area contributed by atoms with Gasteiger partial charge in [0.2, 0.25) is 0 Å². The van der Waals surface area contributed by atoms with E-state index in [9.17, 15) is 9.59 Å². The van der Waals surface area contributed by atoms with Crippen LogP contribution < -0.4 is 11.2 Å². The minimum atomic E-state index is -0.444. The summed E-state index contributed by atoms with van der Waals surface area (Å²) in [6.07, 6.45) is 0. The first-order valence-corrected chi connectivity index (χ1v) is 5.12. The van der Waals surface area contributed by atoms with Crippen LogP contribution in [0.5, 0.6) is 0 Å². The highest BCUT2D eigenvalue weighted by Gasteiger charge is 2.08. The quantitative estimate of drug-likeness (QED) is 0.748. The number of aryl methyl sites for hydroxylation is 1. The van der Waals surface area contributed by atoms with Crippen molar-refractivity contribution < 1.29 is 0 Å². The molecule has 0 unspecified atom stereocenters. The minimum Gasteiger partial charge on any atom is -0.311 e. The maximum absolute atomic E-state index is 11.5. The highest BCUT2D eigenvalue weighted by atomic mass is 16.2. The summed E-state index contributed by atoms with van der Waals surface area (Å²) in [6.45, 7) is 8.17. The lowest BCUT2D eigenvalue weighted by Gasteiger charge is -2.18. The number of H-pyrrole nitrogens is 2. The van der Waals surface area contributed by atoms with E-state index in [1.54, 1.807) is 6.92 Å². The van der Waals surface area contributed by atoms with Crippen molar-refractivity contribution in [2.75, 3.05) is 13.1 Å². The largest absolute Gasteiger partial charge is 0.325 e. The number of nitrogens with zero attached hydrogens (tertiary/aromatic N) is 1. The Hall–Kier alpha value is -1.36. The van der Waals surface area contributed by atoms with E-state index in [0.717, 1.165) is 13.1 Å². The van der Waals surface area contributed by atoms with Crippen LogP contribution in [-0.2, 0) is 6.54 Å². The zero-order valence-electron chi connectivity index (χ0n) is 9.39. The average molecular weight is 211 g/mol. The predicted molar refractivity (Wildman–Crippen MR) is 59.0 cm³/mol. The van der Waals surface area contributed by atoms with Crippen molar-refractivity contribution in [2.45, 2.75) is 27.3 Å². The van der Waals surface area contributed by atoms with Crippen molar-refractivity contribution >= 4 is 0 Å². The van der Waals surface area contributed by atoms with Gasteiger partial charge in [-0.2, -0.15) is 0 Å². The topological polar surface area (TPSA) is 69.0 Å². The van der Waals surface area contributed by atoms with Crippen LogP contribution in [0.1, 0.15) is 25.1 Å². The van der Waals surface area contributed by atoms with Gasteiger partial charge in [-0.1, -0.05) is 13.8 Å². The van der Waals surface area contributed by atoms with Crippen LogP contribution in [0.2, 0.25) is 0 Å². The van der Waals surface area contributed by atoms with E-state index in [4.69, 9.17) is 0 Å². The second-order valence-corrected chi connectivity index (χ2v) is 3.47. The summed E-state index contributed by atoms with van der Waals surface area (Å²) in [5, 5.41) is 0. The summed E-state index contributed by atoms with van der Waals surface area (Å²) in [4.78, 5) is 29.4. The molecule has 1 aromatic heterocycles. The monoisotopic (exact) mass is 211 g/mol. The molecule has 0 bridgehead atoms. The van der Waals surface area contributed by atoms with Crippen LogP contribution in [0.25, 0.3) is 0 Å². The molecule has 0 aliphatic heterocycles. The van der Waals surface area contributed by atoms with Crippen molar-refractivity contribution in [3.63, 3.8) is 0 Å². The fourth-order valence-electron chi connectivity index (χ4n) is 1.49. The van der Waals surface area contributed by atoms with Crippen molar-refractivity contribution in [2.24, 2.45) is 0 Å². The molecule has 2 N–H and O–H groups in total. The zero-order chi connectivity index (χ0) is 11.4. The van der Waals surface area contributed by atoms with Crippen LogP contribution in [-0.4, -0.2) is 28.0 Å². The van der Waals surface area contributed by atoms with Crippen LogP contribution in [0.3, 0.4) is 0 Å². The Morgan fingerprint density at radius 2 is 1.73 bits per heavy atom. The molecule has 0 spiro atoms. The number of hydrogen-bond acceptors (Lipinski definition) is 3. The van der Waals surface area contributed by atoms with E-state index in [1.165, 1.54) is 0 Å². The van der Waals surface area contributed by atoms with Gasteiger partial charge in [-0.25, -0.2) is 4.79 Å². The summed E-state index contributed by atoms with van der Waals surface area (Å²) >= 11 is 0. The lowest BCUT2D eigenvalue weighted by molar-refractivity contribution is 0.293. The standard InChI is InChI=1S/C10H17N3O2/c1-4-13(5-2)6-8-7(3)11-10(15)12-9(8)14/h4-6H2,1-3H3,(H2,11,12,14,15). The van der Waals surface area contributed by atoms with E-state index in [0.29, 0.717) is 17.8 Å². The van der Waals surface area contributed by atoms with E-state index >= 15 is 0 Å². The number of aromatic amines is 2. The molecule has 1 heterocycles. The summed E-state index contributed by atoms with van der Waals surface area (Å²) < 4.78 is 0. The Labute approximate surface area is 88.1 Å². The van der Waals surface area contributed by atoms with Gasteiger partial charge in [-0.15, -0.1) is 0 Å². The van der Waals surface area contributed by atoms with Gasteiger partial charge < -0.3 is 4.98 Å². The second kappa shape index (κ2) is 4.93. The molecule has 0 saturated carbocycles. The maximum Gasteiger partial charge on any atom is 0.325 e. The molecule has 0 atom stereocenters. The number of rotatable bonds is 4. The van der Waals surface area contributed by atoms with Crippen LogP contribution in [0.15, 0.2) is 9.59 Å². The predicted octanol–water partition coefficient (Wildman–Crippen LogP) is 0.213. The molecular weight excluding hydrogens is 194 g/mol. The van der Waals surface area contributed by atoms with Crippen LogP contribution in [0, 0.1) is 6.92 Å². The fourth-order valence-corrected chi connectivity index (χ4v) is 1.49. The molecule has 84 valence electrons. The first-order valence-electron chi connectivity index (χ1n) is 5.12. The van der Waals surface area contributed by atoms with Gasteiger partial charge in [0.05, 0.1) is 5.56 Å². The van der Waals surface area contributed by atoms with E-state index in [2.05, 4.69) is 14.9 Å². The molecule has 5 heteroatoms. The van der Waals surface area contributed by atoms with Gasteiger partial charge in [-0.3, -0.25) is 14.7 Å². The summed E-state index contributed by atoms with van der Waals surface area (Å²) in [5.41, 5.74) is 0.554. The number of aromatic nitrogens is 2. The molecule has 0 radical (unpaired) electrons. The second-order valence-electron chi connectivity index (χ2n) is 3.47. The molecular formula is C10H17N3O2. The summed E-state index contributed by atoms with van der Waals surface area (Å²) in [7, 11) is 0. The Morgan fingerprint density at radius 1 is 1.13 bits per heavy atom. The Balaban J connectivity index is 3.04. The first-order chi connectivity index (χ1) is 7.08. The lowest BCUT2D eigenvalue weighted by Crippen LogP contribution is -2.32. The molecule has 0 saturated heterocycles. The highest BCUT2D eigenvalue weighted by Crippen LogP contribution is 2.00. The third kappa shape index (κ3) is 2.79. The molecule has 0 aliphatic rings. The SMILES string of the molecule is CCN(CC)Cc1c(C)[nH]c(=O)[nH]c1=O. The Bertz CT molecular complexity index is 429. The van der Waals surface area contributed by atoms with Crippen molar-refractivity contribution in [3.8, 4) is 0 Å². The highest BCUT2D eigenvalue weighted by molar-refractivity contribution is 5.14. The fraction of sp³-hybridized carbons (Fsp3) is 0.600. The summed E-state index contributed by atoms with van der Waals surface area (Å²) in [5.74, 6) is 0. The third-order valence-electron chi connectivity index (χ3n) is 2.53. The maximum atomic E-state index is 11.5. The van der Waals surface area contributed by atoms with Crippen molar-refractivity contribution in [1.82, 2.24) is 14.9 Å². The number of nitrogens with one attached hydrogen (secondary N) is 2. The van der Waals surface area contributed by atoms with E-state index < -0.39 is 5.69 Å². The molecule has 15 heavy (non-hydrogen) atoms. The first kappa shape index (κ1) is 11.7. The number of hydrogen-bond donors (Lipinski definition) is 2. The molecule has 0 aliphatic carbocycles. The van der Waals surface area contributed by atoms with Crippen molar-refractivity contribution in [3.05, 3.63) is 32.1 Å². The molecule has 0 aromatic carbocycles. The Morgan fingerprint density at radius 3 is 2.20 bits per heavy atom.